The van der Waals surface area contributed by atoms with Gasteiger partial charge in [-0.15, -0.1) is 0 Å². The molecule has 8 nitrogen and oxygen atoms in total. The van der Waals surface area contributed by atoms with Crippen molar-refractivity contribution in [3.8, 4) is 5.75 Å². The molecule has 3 N–H and O–H groups in total. The first-order valence-electron chi connectivity index (χ1n) is 7.82. The molecule has 0 aliphatic heterocycles. The monoisotopic (exact) mass is 357 g/mol. The van der Waals surface area contributed by atoms with Gasteiger partial charge in [0.05, 0.1) is 12.3 Å². The van der Waals surface area contributed by atoms with E-state index in [1.807, 2.05) is 0 Å². The minimum atomic E-state index is -0.811. The van der Waals surface area contributed by atoms with Crippen molar-refractivity contribution in [2.75, 3.05) is 22.6 Å². The zero-order chi connectivity index (χ0) is 19.1. The van der Waals surface area contributed by atoms with Crippen LogP contribution in [0, 0.1) is 0 Å². The second-order valence-corrected chi connectivity index (χ2v) is 5.19. The van der Waals surface area contributed by atoms with Crippen LogP contribution in [0.4, 0.5) is 26.7 Å². The molecule has 0 spiro atoms. The number of anilines is 3. The quantitative estimate of drug-likeness (QED) is 0.493. The van der Waals surface area contributed by atoms with Gasteiger partial charge >= 0.3 is 12.2 Å². The van der Waals surface area contributed by atoms with Crippen LogP contribution in [0.1, 0.15) is 13.8 Å². The van der Waals surface area contributed by atoms with Crippen LogP contribution in [0.3, 0.4) is 0 Å². The highest BCUT2D eigenvalue weighted by Crippen LogP contribution is 2.21. The Balaban J connectivity index is 2.09. The lowest BCUT2D eigenvalue weighted by atomic mass is 10.2. The topological polar surface area (TPSA) is 111 Å². The van der Waals surface area contributed by atoms with E-state index in [1.165, 1.54) is 37.3 Å². The van der Waals surface area contributed by atoms with Crippen LogP contribution in [0.5, 0.6) is 5.75 Å². The number of nitrogens with zero attached hydrogens (tertiary/aromatic N) is 1. The fourth-order valence-electron chi connectivity index (χ4n) is 2.14. The number of nitrogens with one attached hydrogen (secondary N) is 1. The van der Waals surface area contributed by atoms with Gasteiger partial charge in [0, 0.05) is 18.3 Å². The molecule has 0 heterocycles. The Labute approximate surface area is 150 Å². The van der Waals surface area contributed by atoms with Gasteiger partial charge in [-0.2, -0.15) is 0 Å². The highest BCUT2D eigenvalue weighted by atomic mass is 16.7. The summed E-state index contributed by atoms with van der Waals surface area (Å²) in [5.41, 5.74) is 6.91. The maximum absolute atomic E-state index is 12.5. The predicted molar refractivity (Wildman–Crippen MR) is 97.1 cm³/mol. The Kier molecular flexibility index (Phi) is 6.15. The number of nitrogens with two attached hydrogens (primary N) is 1. The van der Waals surface area contributed by atoms with Crippen molar-refractivity contribution in [2.45, 2.75) is 13.8 Å². The summed E-state index contributed by atoms with van der Waals surface area (Å²) < 4.78 is 9.60. The fourth-order valence-corrected chi connectivity index (χ4v) is 2.14. The van der Waals surface area contributed by atoms with E-state index in [4.69, 9.17) is 10.5 Å². The molecule has 0 bridgehead atoms. The van der Waals surface area contributed by atoms with E-state index in [0.29, 0.717) is 17.1 Å². The SMILES string of the molecule is CCOC(=O)Oc1ccc(NC(=O)N(C(C)=O)c2cccc(N)c2)cc1. The normalized spacial score (nSPS) is 9.92. The number of ether oxygens (including phenoxy) is 2. The third-order valence-corrected chi connectivity index (χ3v) is 3.22. The van der Waals surface area contributed by atoms with Crippen molar-refractivity contribution in [1.29, 1.82) is 0 Å². The van der Waals surface area contributed by atoms with E-state index in [-0.39, 0.29) is 12.4 Å². The average molecular weight is 357 g/mol. The number of urea groups is 1. The maximum Gasteiger partial charge on any atom is 0.513 e. The minimum Gasteiger partial charge on any atom is -0.434 e. The summed E-state index contributed by atoms with van der Waals surface area (Å²) in [7, 11) is 0. The van der Waals surface area contributed by atoms with Gasteiger partial charge in [0.25, 0.3) is 0 Å². The second-order valence-electron chi connectivity index (χ2n) is 5.19. The zero-order valence-corrected chi connectivity index (χ0v) is 14.4. The number of hydrogen-bond donors (Lipinski definition) is 2. The summed E-state index contributed by atoms with van der Waals surface area (Å²) in [5, 5.41) is 2.60. The van der Waals surface area contributed by atoms with E-state index in [1.54, 1.807) is 25.1 Å². The molecule has 0 radical (unpaired) electrons. The molecule has 2 rings (SSSR count). The molecule has 2 aromatic carbocycles. The highest BCUT2D eigenvalue weighted by molar-refractivity contribution is 6.17. The Morgan fingerprint density at radius 2 is 1.81 bits per heavy atom. The van der Waals surface area contributed by atoms with Gasteiger partial charge in [0.15, 0.2) is 0 Å². The molecule has 2 aromatic rings. The Morgan fingerprint density at radius 1 is 1.12 bits per heavy atom. The first kappa shape index (κ1) is 18.8. The first-order valence-corrected chi connectivity index (χ1v) is 7.82. The molecule has 0 fully saturated rings. The molecule has 0 aromatic heterocycles. The molecule has 0 atom stereocenters. The summed E-state index contributed by atoms with van der Waals surface area (Å²) >= 11 is 0. The summed E-state index contributed by atoms with van der Waals surface area (Å²) in [6.45, 7) is 3.15. The lowest BCUT2D eigenvalue weighted by molar-refractivity contribution is -0.115. The fraction of sp³-hybridized carbons (Fsp3) is 0.167. The summed E-state index contributed by atoms with van der Waals surface area (Å²) in [6, 6.07) is 11.8. The summed E-state index contributed by atoms with van der Waals surface area (Å²) in [6.07, 6.45) is -0.811. The molecular formula is C18H19N3O5. The van der Waals surface area contributed by atoms with Crippen molar-refractivity contribution >= 4 is 35.2 Å². The predicted octanol–water partition coefficient (Wildman–Crippen LogP) is 3.39. The molecule has 0 unspecified atom stereocenters. The van der Waals surface area contributed by atoms with Gasteiger partial charge in [0.1, 0.15) is 5.75 Å². The molecule has 26 heavy (non-hydrogen) atoms. The van der Waals surface area contributed by atoms with Gasteiger partial charge in [-0.3, -0.25) is 4.79 Å². The van der Waals surface area contributed by atoms with Gasteiger partial charge < -0.3 is 20.5 Å². The van der Waals surface area contributed by atoms with E-state index in [9.17, 15) is 14.4 Å². The minimum absolute atomic E-state index is 0.206. The number of imide groups is 1. The lowest BCUT2D eigenvalue weighted by Gasteiger charge is -2.20. The first-order chi connectivity index (χ1) is 12.4. The molecule has 3 amide bonds. The molecular weight excluding hydrogens is 338 g/mol. The molecule has 8 heteroatoms. The molecule has 0 saturated carbocycles. The van der Waals surface area contributed by atoms with Crippen LogP contribution in [0.25, 0.3) is 0 Å². The number of amides is 3. The molecule has 136 valence electrons. The summed E-state index contributed by atoms with van der Waals surface area (Å²) in [4.78, 5) is 36.6. The van der Waals surface area contributed by atoms with Crippen molar-refractivity contribution in [3.63, 3.8) is 0 Å². The number of nitrogen functional groups attached to an aromatic ring is 1. The van der Waals surface area contributed by atoms with Crippen LogP contribution in [-0.2, 0) is 9.53 Å². The van der Waals surface area contributed by atoms with Gasteiger partial charge in [-0.25, -0.2) is 14.5 Å². The van der Waals surface area contributed by atoms with E-state index < -0.39 is 18.1 Å². The number of hydrogen-bond acceptors (Lipinski definition) is 6. The van der Waals surface area contributed by atoms with Crippen LogP contribution in [-0.4, -0.2) is 24.7 Å². The molecule has 0 aliphatic carbocycles. The van der Waals surface area contributed by atoms with Crippen LogP contribution in [0.2, 0.25) is 0 Å². The Bertz CT molecular complexity index is 805. The number of carbonyl (C=O) groups is 3. The van der Waals surface area contributed by atoms with Crippen molar-refractivity contribution in [1.82, 2.24) is 0 Å². The smallest absolute Gasteiger partial charge is 0.434 e. The third-order valence-electron chi connectivity index (χ3n) is 3.22. The highest BCUT2D eigenvalue weighted by Gasteiger charge is 2.20. The lowest BCUT2D eigenvalue weighted by Crippen LogP contribution is -2.38. The van der Waals surface area contributed by atoms with Gasteiger partial charge in [0.2, 0.25) is 5.91 Å². The van der Waals surface area contributed by atoms with E-state index >= 15 is 0 Å². The molecule has 0 saturated heterocycles. The second kappa shape index (κ2) is 8.52. The zero-order valence-electron chi connectivity index (χ0n) is 14.4. The van der Waals surface area contributed by atoms with Crippen molar-refractivity contribution in [2.24, 2.45) is 0 Å². The van der Waals surface area contributed by atoms with Crippen molar-refractivity contribution < 1.29 is 23.9 Å². The van der Waals surface area contributed by atoms with Gasteiger partial charge in [-0.05, 0) is 49.4 Å². The number of carbonyl (C=O) groups excluding carboxylic acids is 3. The third kappa shape index (κ3) is 4.97. The number of rotatable bonds is 4. The summed E-state index contributed by atoms with van der Waals surface area (Å²) in [5.74, 6) is -0.198. The Hall–Kier alpha value is -3.55. The van der Waals surface area contributed by atoms with E-state index in [2.05, 4.69) is 10.1 Å². The van der Waals surface area contributed by atoms with Crippen LogP contribution >= 0.6 is 0 Å². The van der Waals surface area contributed by atoms with Crippen LogP contribution in [0.15, 0.2) is 48.5 Å². The van der Waals surface area contributed by atoms with Crippen LogP contribution < -0.4 is 20.7 Å². The van der Waals surface area contributed by atoms with E-state index in [0.717, 1.165) is 4.90 Å². The Morgan fingerprint density at radius 3 is 2.38 bits per heavy atom. The average Bonchev–Trinajstić information content (AvgIpc) is 2.56. The largest absolute Gasteiger partial charge is 0.513 e. The maximum atomic E-state index is 12.5. The van der Waals surface area contributed by atoms with Crippen molar-refractivity contribution in [3.05, 3.63) is 48.5 Å². The number of benzene rings is 2. The molecule has 0 aliphatic rings. The van der Waals surface area contributed by atoms with Gasteiger partial charge in [-0.1, -0.05) is 6.07 Å². The standard InChI is InChI=1S/C18H19N3O5/c1-3-25-18(24)26-16-9-7-14(8-10-16)20-17(23)21(12(2)22)15-6-4-5-13(19)11-15/h4-11H,3,19H2,1-2H3,(H,20,23).